The lowest BCUT2D eigenvalue weighted by molar-refractivity contribution is 0.102. The maximum absolute atomic E-state index is 12.5. The van der Waals surface area contributed by atoms with E-state index in [1.807, 2.05) is 19.9 Å². The first-order valence-electron chi connectivity index (χ1n) is 5.99. The molecule has 0 aliphatic heterocycles. The Hall–Kier alpha value is -1.81. The van der Waals surface area contributed by atoms with E-state index in [0.717, 1.165) is 5.56 Å². The molecule has 0 spiro atoms. The minimum absolute atomic E-state index is 0.141. The highest BCUT2D eigenvalue weighted by molar-refractivity contribution is 6.31. The Morgan fingerprint density at radius 3 is 2.79 bits per heavy atom. The van der Waals surface area contributed by atoms with Crippen molar-refractivity contribution >= 4 is 17.4 Å². The summed E-state index contributed by atoms with van der Waals surface area (Å²) in [5.74, 6) is 0.335. The molecule has 0 radical (unpaired) electrons. The monoisotopic (exact) mass is 278 g/mol. The lowest BCUT2D eigenvalue weighted by Gasteiger charge is -2.07. The molecule has 4 nitrogen and oxygen atoms in total. The normalized spacial score (nSPS) is 10.5. The molecule has 0 aliphatic carbocycles. The maximum atomic E-state index is 12.5. The first-order valence-corrected chi connectivity index (χ1v) is 6.37. The van der Waals surface area contributed by atoms with Crippen LogP contribution in [-0.2, 0) is 6.54 Å². The zero-order chi connectivity index (χ0) is 14.0. The molecule has 0 bridgehead atoms. The molecule has 1 heterocycles. The minimum Gasteiger partial charge on any atom is -0.493 e. The lowest BCUT2D eigenvalue weighted by Crippen LogP contribution is -2.11. The van der Waals surface area contributed by atoms with Gasteiger partial charge in [0.2, 0.25) is 5.78 Å². The number of carbonyl (C=O) groups is 1. The highest BCUT2D eigenvalue weighted by Crippen LogP contribution is 2.24. The second-order valence-electron chi connectivity index (χ2n) is 4.17. The predicted octanol–water partition coefficient (Wildman–Crippen LogP) is 3.10. The Morgan fingerprint density at radius 2 is 2.21 bits per heavy atom. The molecule has 19 heavy (non-hydrogen) atoms. The Labute approximate surface area is 116 Å². The summed E-state index contributed by atoms with van der Waals surface area (Å²) in [6, 6.07) is 5.26. The van der Waals surface area contributed by atoms with E-state index >= 15 is 0 Å². The van der Waals surface area contributed by atoms with E-state index in [0.29, 0.717) is 28.6 Å². The molecule has 0 saturated carbocycles. The van der Waals surface area contributed by atoms with Gasteiger partial charge in [-0.1, -0.05) is 23.7 Å². The van der Waals surface area contributed by atoms with Crippen molar-refractivity contribution in [3.8, 4) is 5.75 Å². The molecule has 2 aromatic rings. The van der Waals surface area contributed by atoms with Gasteiger partial charge in [-0.05, 0) is 25.5 Å². The Balaban J connectivity index is 2.49. The second-order valence-corrected chi connectivity index (χ2v) is 4.58. The summed E-state index contributed by atoms with van der Waals surface area (Å²) in [4.78, 5) is 12.5. The molecule has 0 atom stereocenters. The lowest BCUT2D eigenvalue weighted by atomic mass is 10.1. The number of aryl methyl sites for hydroxylation is 2. The number of aromatic nitrogens is 2. The fourth-order valence-electron chi connectivity index (χ4n) is 1.86. The molecule has 0 fully saturated rings. The summed E-state index contributed by atoms with van der Waals surface area (Å²) in [5.41, 5.74) is 1.92. The summed E-state index contributed by atoms with van der Waals surface area (Å²) >= 11 is 6.06. The van der Waals surface area contributed by atoms with Crippen LogP contribution in [0.15, 0.2) is 24.4 Å². The Morgan fingerprint density at radius 1 is 1.47 bits per heavy atom. The molecule has 1 aromatic heterocycles. The first-order chi connectivity index (χ1) is 9.08. The van der Waals surface area contributed by atoms with Crippen molar-refractivity contribution < 1.29 is 9.53 Å². The molecule has 0 N–H and O–H groups in total. The Bertz CT molecular complexity index is 598. The highest BCUT2D eigenvalue weighted by Gasteiger charge is 2.20. The number of halogens is 1. The third-order valence-corrected chi connectivity index (χ3v) is 3.38. The fraction of sp³-hybridized carbons (Fsp3) is 0.286. The van der Waals surface area contributed by atoms with Crippen LogP contribution in [0.2, 0.25) is 5.02 Å². The van der Waals surface area contributed by atoms with Gasteiger partial charge >= 0.3 is 0 Å². The topological polar surface area (TPSA) is 44.1 Å². The molecular formula is C14H15ClN2O2. The van der Waals surface area contributed by atoms with Crippen molar-refractivity contribution in [3.05, 3.63) is 46.2 Å². The van der Waals surface area contributed by atoms with Crippen LogP contribution in [0, 0.1) is 6.92 Å². The summed E-state index contributed by atoms with van der Waals surface area (Å²) in [5, 5.41) is 4.71. The Kier molecular flexibility index (Phi) is 3.90. The number of benzene rings is 1. The molecule has 0 saturated heterocycles. The van der Waals surface area contributed by atoms with Crippen LogP contribution in [0.3, 0.4) is 0 Å². The van der Waals surface area contributed by atoms with Crippen LogP contribution < -0.4 is 4.74 Å². The van der Waals surface area contributed by atoms with E-state index in [9.17, 15) is 4.79 Å². The second kappa shape index (κ2) is 5.45. The maximum Gasteiger partial charge on any atom is 0.214 e. The van der Waals surface area contributed by atoms with E-state index in [-0.39, 0.29) is 5.78 Å². The van der Waals surface area contributed by atoms with Crippen LogP contribution in [0.5, 0.6) is 5.75 Å². The van der Waals surface area contributed by atoms with Gasteiger partial charge in [-0.2, -0.15) is 5.10 Å². The molecule has 5 heteroatoms. The van der Waals surface area contributed by atoms with Gasteiger partial charge < -0.3 is 4.74 Å². The highest BCUT2D eigenvalue weighted by atomic mass is 35.5. The van der Waals surface area contributed by atoms with Gasteiger partial charge in [-0.3, -0.25) is 9.48 Å². The van der Waals surface area contributed by atoms with E-state index < -0.39 is 0 Å². The average Bonchev–Trinajstić information content (AvgIpc) is 2.83. The number of methoxy groups -OCH3 is 1. The van der Waals surface area contributed by atoms with Crippen molar-refractivity contribution in [1.82, 2.24) is 9.78 Å². The summed E-state index contributed by atoms with van der Waals surface area (Å²) < 4.78 is 6.81. The van der Waals surface area contributed by atoms with Gasteiger partial charge in [0.05, 0.1) is 13.3 Å². The van der Waals surface area contributed by atoms with Gasteiger partial charge in [-0.25, -0.2) is 0 Å². The molecular weight excluding hydrogens is 264 g/mol. The molecule has 100 valence electrons. The van der Waals surface area contributed by atoms with Gasteiger partial charge in [0.25, 0.3) is 0 Å². The quantitative estimate of drug-likeness (QED) is 0.807. The van der Waals surface area contributed by atoms with Crippen LogP contribution in [0.1, 0.15) is 28.5 Å². The number of rotatable bonds is 4. The number of hydrogen-bond donors (Lipinski definition) is 0. The van der Waals surface area contributed by atoms with E-state index in [1.54, 1.807) is 23.0 Å². The van der Waals surface area contributed by atoms with Gasteiger partial charge in [0, 0.05) is 17.1 Å². The third kappa shape index (κ3) is 2.49. The van der Waals surface area contributed by atoms with E-state index in [2.05, 4.69) is 5.10 Å². The van der Waals surface area contributed by atoms with Crippen LogP contribution in [0.4, 0.5) is 0 Å². The molecule has 0 unspecified atom stereocenters. The molecule has 1 aromatic carbocycles. The number of hydrogen-bond acceptors (Lipinski definition) is 3. The van der Waals surface area contributed by atoms with Crippen LogP contribution >= 0.6 is 11.6 Å². The standard InChI is InChI=1S/C14H15ClN2O2/c1-4-17-13(12(19-3)8-16-17)14(18)10-6-5-9(2)11(15)7-10/h5-8H,4H2,1-3H3. The van der Waals surface area contributed by atoms with Gasteiger partial charge in [-0.15, -0.1) is 0 Å². The van der Waals surface area contributed by atoms with Crippen molar-refractivity contribution in [2.24, 2.45) is 0 Å². The van der Waals surface area contributed by atoms with E-state index in [1.165, 1.54) is 7.11 Å². The first kappa shape index (κ1) is 13.6. The van der Waals surface area contributed by atoms with Crippen LogP contribution in [-0.4, -0.2) is 22.7 Å². The van der Waals surface area contributed by atoms with Crippen molar-refractivity contribution in [3.63, 3.8) is 0 Å². The molecule has 0 amide bonds. The van der Waals surface area contributed by atoms with E-state index in [4.69, 9.17) is 16.3 Å². The number of nitrogens with zero attached hydrogens (tertiary/aromatic N) is 2. The predicted molar refractivity (Wildman–Crippen MR) is 74.1 cm³/mol. The SMILES string of the molecule is CCn1ncc(OC)c1C(=O)c1ccc(C)c(Cl)c1. The van der Waals surface area contributed by atoms with Gasteiger partial charge in [0.1, 0.15) is 0 Å². The number of carbonyl (C=O) groups excluding carboxylic acids is 1. The molecule has 0 aliphatic rings. The fourth-order valence-corrected chi connectivity index (χ4v) is 2.04. The molecule has 2 rings (SSSR count). The van der Waals surface area contributed by atoms with Crippen molar-refractivity contribution in [2.45, 2.75) is 20.4 Å². The van der Waals surface area contributed by atoms with Crippen LogP contribution in [0.25, 0.3) is 0 Å². The smallest absolute Gasteiger partial charge is 0.214 e. The zero-order valence-corrected chi connectivity index (χ0v) is 11.9. The number of ether oxygens (including phenoxy) is 1. The third-order valence-electron chi connectivity index (χ3n) is 2.97. The largest absolute Gasteiger partial charge is 0.493 e. The minimum atomic E-state index is -0.141. The summed E-state index contributed by atoms with van der Waals surface area (Å²) in [7, 11) is 1.52. The van der Waals surface area contributed by atoms with Gasteiger partial charge in [0.15, 0.2) is 11.4 Å². The average molecular weight is 279 g/mol. The number of ketones is 1. The summed E-state index contributed by atoms with van der Waals surface area (Å²) in [6.07, 6.45) is 1.55. The summed E-state index contributed by atoms with van der Waals surface area (Å²) in [6.45, 7) is 4.42. The zero-order valence-electron chi connectivity index (χ0n) is 11.1. The van der Waals surface area contributed by atoms with Crippen molar-refractivity contribution in [2.75, 3.05) is 7.11 Å². The van der Waals surface area contributed by atoms with Crippen molar-refractivity contribution in [1.29, 1.82) is 0 Å².